The van der Waals surface area contributed by atoms with Gasteiger partial charge in [0.15, 0.2) is 5.82 Å². The molecule has 0 unspecified atom stereocenters. The number of carbonyl (C=O) groups is 1. The molecule has 102 valence electrons. The Morgan fingerprint density at radius 2 is 2.10 bits per heavy atom. The normalized spacial score (nSPS) is 9.90. The van der Waals surface area contributed by atoms with Crippen molar-refractivity contribution in [3.05, 3.63) is 42.6 Å². The molecule has 0 bridgehead atoms. The maximum absolute atomic E-state index is 11.3. The number of hydrogen-bond acceptors (Lipinski definition) is 6. The van der Waals surface area contributed by atoms with E-state index >= 15 is 0 Å². The fourth-order valence-electron chi connectivity index (χ4n) is 1.67. The second kappa shape index (κ2) is 6.05. The van der Waals surface area contributed by atoms with Crippen LogP contribution >= 0.6 is 0 Å². The Hall–Kier alpha value is -2.58. The van der Waals surface area contributed by atoms with E-state index in [1.165, 1.54) is 23.2 Å². The Morgan fingerprint density at radius 1 is 1.30 bits per heavy atom. The molecule has 20 heavy (non-hydrogen) atoms. The number of nitrogen functional groups attached to an aromatic ring is 1. The highest BCUT2D eigenvalue weighted by molar-refractivity contribution is 6.33. The fraction of sp³-hybridized carbons (Fsp3) is 0. The lowest BCUT2D eigenvalue weighted by molar-refractivity contribution is -0.106. The first-order valence-corrected chi connectivity index (χ1v) is 5.69. The minimum atomic E-state index is -1.94. The number of benzene rings is 1. The molecule has 0 aliphatic rings. The minimum Gasteiger partial charge on any atom is -0.512 e. The molecule has 0 saturated heterocycles. The van der Waals surface area contributed by atoms with Gasteiger partial charge in [-0.15, -0.1) is 0 Å². The van der Waals surface area contributed by atoms with Crippen LogP contribution in [0.1, 0.15) is 0 Å². The van der Waals surface area contributed by atoms with E-state index in [2.05, 4.69) is 4.98 Å². The van der Waals surface area contributed by atoms with E-state index in [9.17, 15) is 4.79 Å². The van der Waals surface area contributed by atoms with Crippen molar-refractivity contribution in [3.8, 4) is 5.75 Å². The number of rotatable bonds is 5. The van der Waals surface area contributed by atoms with E-state index in [-0.39, 0.29) is 11.6 Å². The number of amides is 1. The molecular formula is C12H12BN3O4. The summed E-state index contributed by atoms with van der Waals surface area (Å²) >= 11 is 0. The Kier molecular flexibility index (Phi) is 4.19. The SMILES string of the molecule is Nc1cccnc1N(C=O)c1cccc(OB(O)O)c1. The molecule has 0 spiro atoms. The van der Waals surface area contributed by atoms with Gasteiger partial charge in [-0.25, -0.2) is 4.98 Å². The number of aromatic nitrogens is 1. The van der Waals surface area contributed by atoms with Crippen molar-refractivity contribution in [2.24, 2.45) is 0 Å². The summed E-state index contributed by atoms with van der Waals surface area (Å²) in [4.78, 5) is 16.6. The summed E-state index contributed by atoms with van der Waals surface area (Å²) in [5.41, 5.74) is 6.55. The summed E-state index contributed by atoms with van der Waals surface area (Å²) in [5.74, 6) is 0.475. The highest BCUT2D eigenvalue weighted by Gasteiger charge is 2.15. The third-order valence-electron chi connectivity index (χ3n) is 2.49. The number of nitrogens with two attached hydrogens (primary N) is 1. The average Bonchev–Trinajstić information content (AvgIpc) is 2.41. The molecule has 1 heterocycles. The molecule has 0 fully saturated rings. The lowest BCUT2D eigenvalue weighted by Crippen LogP contribution is -2.21. The van der Waals surface area contributed by atoms with Gasteiger partial charge in [-0.05, 0) is 24.3 Å². The molecule has 7 nitrogen and oxygen atoms in total. The van der Waals surface area contributed by atoms with E-state index in [1.807, 2.05) is 0 Å². The van der Waals surface area contributed by atoms with Gasteiger partial charge in [0.1, 0.15) is 5.75 Å². The number of nitrogens with zero attached hydrogens (tertiary/aromatic N) is 2. The quantitative estimate of drug-likeness (QED) is 0.534. The standard InChI is InChI=1S/C12H12BN3O4/c14-11-5-2-6-15-12(11)16(8-17)9-3-1-4-10(7-9)20-13(18)19/h1-8,18-19H,14H2. The molecule has 0 atom stereocenters. The monoisotopic (exact) mass is 273 g/mol. The zero-order valence-corrected chi connectivity index (χ0v) is 10.4. The first-order chi connectivity index (χ1) is 9.61. The number of pyridine rings is 1. The van der Waals surface area contributed by atoms with Gasteiger partial charge in [-0.2, -0.15) is 0 Å². The summed E-state index contributed by atoms with van der Waals surface area (Å²) in [6.07, 6.45) is 2.08. The van der Waals surface area contributed by atoms with Crippen molar-refractivity contribution < 1.29 is 19.5 Å². The second-order valence-electron chi connectivity index (χ2n) is 3.83. The molecule has 2 rings (SSSR count). The maximum atomic E-state index is 11.3. The summed E-state index contributed by atoms with van der Waals surface area (Å²) in [6, 6.07) is 9.50. The summed E-state index contributed by atoms with van der Waals surface area (Å²) in [6.45, 7) is 0. The van der Waals surface area contributed by atoms with Crippen LogP contribution in [0.15, 0.2) is 42.6 Å². The zero-order valence-electron chi connectivity index (χ0n) is 10.4. The molecule has 1 amide bonds. The average molecular weight is 273 g/mol. The molecular weight excluding hydrogens is 261 g/mol. The molecule has 1 aromatic carbocycles. The predicted molar refractivity (Wildman–Crippen MR) is 74.1 cm³/mol. The van der Waals surface area contributed by atoms with Gasteiger partial charge < -0.3 is 20.4 Å². The molecule has 4 N–H and O–H groups in total. The molecule has 0 radical (unpaired) electrons. The highest BCUT2D eigenvalue weighted by atomic mass is 16.6. The van der Waals surface area contributed by atoms with Crippen molar-refractivity contribution in [2.75, 3.05) is 10.6 Å². The van der Waals surface area contributed by atoms with Crippen LogP contribution in [0.4, 0.5) is 17.2 Å². The summed E-state index contributed by atoms with van der Waals surface area (Å²) in [5, 5.41) is 17.5. The predicted octanol–water partition coefficient (Wildman–Crippen LogP) is 0.307. The lowest BCUT2D eigenvalue weighted by Gasteiger charge is -2.18. The van der Waals surface area contributed by atoms with Crippen LogP contribution in [0.3, 0.4) is 0 Å². The molecule has 1 aromatic heterocycles. The van der Waals surface area contributed by atoms with Gasteiger partial charge in [0.2, 0.25) is 6.41 Å². The largest absolute Gasteiger partial charge is 0.707 e. The number of hydrogen-bond donors (Lipinski definition) is 3. The van der Waals surface area contributed by atoms with Crippen LogP contribution in [0, 0.1) is 0 Å². The van der Waals surface area contributed by atoms with Crippen LogP contribution in [-0.4, -0.2) is 28.8 Å². The van der Waals surface area contributed by atoms with Gasteiger partial charge >= 0.3 is 7.32 Å². The van der Waals surface area contributed by atoms with E-state index < -0.39 is 7.32 Å². The smallest absolute Gasteiger partial charge is 0.512 e. The van der Waals surface area contributed by atoms with Crippen molar-refractivity contribution in [1.29, 1.82) is 0 Å². The highest BCUT2D eigenvalue weighted by Crippen LogP contribution is 2.29. The number of carbonyl (C=O) groups excluding carboxylic acids is 1. The first-order valence-electron chi connectivity index (χ1n) is 5.69. The minimum absolute atomic E-state index is 0.193. The van der Waals surface area contributed by atoms with Crippen LogP contribution < -0.4 is 15.3 Å². The fourth-order valence-corrected chi connectivity index (χ4v) is 1.67. The topological polar surface area (TPSA) is 109 Å². The summed E-state index contributed by atoms with van der Waals surface area (Å²) in [7, 11) is -1.94. The van der Waals surface area contributed by atoms with Gasteiger partial charge in [0.25, 0.3) is 0 Å². The van der Waals surface area contributed by atoms with Gasteiger partial charge in [0.05, 0.1) is 11.4 Å². The molecule has 8 heteroatoms. The van der Waals surface area contributed by atoms with Crippen LogP contribution in [-0.2, 0) is 4.79 Å². The van der Waals surface area contributed by atoms with Gasteiger partial charge in [-0.1, -0.05) is 6.07 Å². The third kappa shape index (κ3) is 3.05. The lowest BCUT2D eigenvalue weighted by atomic mass is 10.2. The Morgan fingerprint density at radius 3 is 2.75 bits per heavy atom. The van der Waals surface area contributed by atoms with Gasteiger partial charge in [-0.3, -0.25) is 9.69 Å². The second-order valence-corrected chi connectivity index (χ2v) is 3.83. The van der Waals surface area contributed by atoms with Crippen molar-refractivity contribution in [3.63, 3.8) is 0 Å². The van der Waals surface area contributed by atoms with E-state index in [0.717, 1.165) is 0 Å². The van der Waals surface area contributed by atoms with E-state index in [0.29, 0.717) is 17.8 Å². The zero-order chi connectivity index (χ0) is 14.5. The van der Waals surface area contributed by atoms with E-state index in [1.54, 1.807) is 24.3 Å². The Bertz CT molecular complexity index is 609. The van der Waals surface area contributed by atoms with Crippen molar-refractivity contribution in [1.82, 2.24) is 4.98 Å². The van der Waals surface area contributed by atoms with E-state index in [4.69, 9.17) is 20.4 Å². The Balaban J connectivity index is 2.37. The van der Waals surface area contributed by atoms with Gasteiger partial charge in [0, 0.05) is 12.3 Å². The first kappa shape index (κ1) is 13.8. The van der Waals surface area contributed by atoms with Crippen molar-refractivity contribution in [2.45, 2.75) is 0 Å². The molecule has 0 aliphatic carbocycles. The molecule has 0 saturated carbocycles. The van der Waals surface area contributed by atoms with Crippen LogP contribution in [0.5, 0.6) is 5.75 Å². The van der Waals surface area contributed by atoms with Crippen LogP contribution in [0.2, 0.25) is 0 Å². The number of anilines is 3. The Labute approximate surface area is 115 Å². The third-order valence-corrected chi connectivity index (χ3v) is 2.49. The van der Waals surface area contributed by atoms with Crippen molar-refractivity contribution >= 4 is 30.9 Å². The molecule has 2 aromatic rings. The molecule has 0 aliphatic heterocycles. The van der Waals surface area contributed by atoms with Crippen LogP contribution in [0.25, 0.3) is 0 Å². The summed E-state index contributed by atoms with van der Waals surface area (Å²) < 4.78 is 4.73. The maximum Gasteiger partial charge on any atom is 0.707 e.